The quantitative estimate of drug-likeness (QED) is 0.746. The summed E-state index contributed by atoms with van der Waals surface area (Å²) < 4.78 is 0. The first-order valence-electron chi connectivity index (χ1n) is 5.26. The molecule has 3 nitrogen and oxygen atoms in total. The van der Waals surface area contributed by atoms with Gasteiger partial charge in [0, 0.05) is 6.54 Å². The van der Waals surface area contributed by atoms with Gasteiger partial charge in [0.1, 0.15) is 10.8 Å². The van der Waals surface area contributed by atoms with Crippen molar-refractivity contribution in [2.24, 2.45) is 11.7 Å². The molecule has 15 heavy (non-hydrogen) atoms. The van der Waals surface area contributed by atoms with Crippen LogP contribution in [0, 0.1) is 5.92 Å². The maximum Gasteiger partial charge on any atom is 0.126 e. The Bertz CT molecular complexity index is 361. The van der Waals surface area contributed by atoms with Gasteiger partial charge in [-0.3, -0.25) is 0 Å². The predicted octanol–water partition coefficient (Wildman–Crippen LogP) is 1.93. The highest BCUT2D eigenvalue weighted by molar-refractivity contribution is 7.80. The number of hydrogen-bond acceptors (Lipinski definition) is 3. The first-order valence-corrected chi connectivity index (χ1v) is 5.67. The molecule has 1 fully saturated rings. The van der Waals surface area contributed by atoms with E-state index in [1.807, 2.05) is 18.2 Å². The third-order valence-corrected chi connectivity index (χ3v) is 2.77. The smallest absolute Gasteiger partial charge is 0.126 e. The first-order chi connectivity index (χ1) is 7.25. The molecule has 1 aromatic rings. The molecule has 1 saturated carbocycles. The molecule has 0 unspecified atom stereocenters. The molecule has 1 heterocycles. The zero-order valence-corrected chi connectivity index (χ0v) is 9.39. The van der Waals surface area contributed by atoms with Crippen LogP contribution >= 0.6 is 12.2 Å². The summed E-state index contributed by atoms with van der Waals surface area (Å²) in [4.78, 5) is 4.66. The van der Waals surface area contributed by atoms with Gasteiger partial charge in [-0.05, 0) is 24.5 Å². The van der Waals surface area contributed by atoms with Crippen molar-refractivity contribution in [2.45, 2.75) is 19.3 Å². The van der Waals surface area contributed by atoms with E-state index in [4.69, 9.17) is 18.0 Å². The fraction of sp³-hybridized carbons (Fsp3) is 0.455. The molecule has 1 aliphatic carbocycles. The fourth-order valence-electron chi connectivity index (χ4n) is 1.48. The Morgan fingerprint density at radius 1 is 1.53 bits per heavy atom. The Morgan fingerprint density at radius 2 is 2.33 bits per heavy atom. The van der Waals surface area contributed by atoms with Crippen LogP contribution in [-0.4, -0.2) is 16.5 Å². The van der Waals surface area contributed by atoms with E-state index in [-0.39, 0.29) is 0 Å². The van der Waals surface area contributed by atoms with Gasteiger partial charge < -0.3 is 11.1 Å². The molecular weight excluding hydrogens is 206 g/mol. The zero-order valence-electron chi connectivity index (χ0n) is 8.57. The molecule has 80 valence electrons. The summed E-state index contributed by atoms with van der Waals surface area (Å²) in [5.41, 5.74) is 6.19. The highest BCUT2D eigenvalue weighted by Gasteiger charge is 2.20. The van der Waals surface area contributed by atoms with E-state index in [1.54, 1.807) is 0 Å². The SMILES string of the molecule is NC(=S)c1cccc(NCCC2CC2)n1. The van der Waals surface area contributed by atoms with Crippen molar-refractivity contribution >= 4 is 23.0 Å². The van der Waals surface area contributed by atoms with E-state index in [0.29, 0.717) is 10.7 Å². The number of rotatable bonds is 5. The van der Waals surface area contributed by atoms with Gasteiger partial charge in [-0.25, -0.2) is 4.98 Å². The highest BCUT2D eigenvalue weighted by atomic mass is 32.1. The standard InChI is InChI=1S/C11H15N3S/c12-11(15)9-2-1-3-10(14-9)13-7-6-8-4-5-8/h1-3,8H,4-7H2,(H2,12,15)(H,13,14). The van der Waals surface area contributed by atoms with Gasteiger partial charge in [-0.15, -0.1) is 0 Å². The van der Waals surface area contributed by atoms with Crippen LogP contribution in [0.3, 0.4) is 0 Å². The summed E-state index contributed by atoms with van der Waals surface area (Å²) in [7, 11) is 0. The van der Waals surface area contributed by atoms with Crippen molar-refractivity contribution in [3.8, 4) is 0 Å². The molecule has 0 amide bonds. The molecule has 0 spiro atoms. The molecule has 4 heteroatoms. The number of nitrogens with one attached hydrogen (secondary N) is 1. The lowest BCUT2D eigenvalue weighted by Crippen LogP contribution is -2.13. The van der Waals surface area contributed by atoms with E-state index < -0.39 is 0 Å². The van der Waals surface area contributed by atoms with Crippen molar-refractivity contribution in [2.75, 3.05) is 11.9 Å². The lowest BCUT2D eigenvalue weighted by Gasteiger charge is -2.06. The minimum atomic E-state index is 0.348. The third-order valence-electron chi connectivity index (χ3n) is 2.56. The van der Waals surface area contributed by atoms with Crippen molar-refractivity contribution in [1.29, 1.82) is 0 Å². The Kier molecular flexibility index (Phi) is 3.16. The topological polar surface area (TPSA) is 50.9 Å². The van der Waals surface area contributed by atoms with Crippen LogP contribution in [0.15, 0.2) is 18.2 Å². The van der Waals surface area contributed by atoms with E-state index in [9.17, 15) is 0 Å². The largest absolute Gasteiger partial charge is 0.388 e. The summed E-state index contributed by atoms with van der Waals surface area (Å²) >= 11 is 4.87. The molecule has 0 atom stereocenters. The van der Waals surface area contributed by atoms with Crippen LogP contribution in [0.25, 0.3) is 0 Å². The predicted molar refractivity (Wildman–Crippen MR) is 66.0 cm³/mol. The van der Waals surface area contributed by atoms with Crippen molar-refractivity contribution < 1.29 is 0 Å². The number of hydrogen-bond donors (Lipinski definition) is 2. The van der Waals surface area contributed by atoms with Gasteiger partial charge in [0.15, 0.2) is 0 Å². The number of anilines is 1. The van der Waals surface area contributed by atoms with E-state index >= 15 is 0 Å². The van der Waals surface area contributed by atoms with Gasteiger partial charge in [0.05, 0.1) is 5.69 Å². The van der Waals surface area contributed by atoms with Crippen molar-refractivity contribution in [1.82, 2.24) is 4.98 Å². The van der Waals surface area contributed by atoms with Gasteiger partial charge in [0.2, 0.25) is 0 Å². The Balaban J connectivity index is 1.88. The van der Waals surface area contributed by atoms with Crippen LogP contribution in [-0.2, 0) is 0 Å². The fourth-order valence-corrected chi connectivity index (χ4v) is 1.59. The van der Waals surface area contributed by atoms with Gasteiger partial charge in [0.25, 0.3) is 0 Å². The summed E-state index contributed by atoms with van der Waals surface area (Å²) in [5, 5.41) is 3.28. The molecule has 0 aliphatic heterocycles. The highest BCUT2D eigenvalue weighted by Crippen LogP contribution is 2.31. The van der Waals surface area contributed by atoms with Gasteiger partial charge >= 0.3 is 0 Å². The second kappa shape index (κ2) is 4.57. The number of pyridine rings is 1. The second-order valence-electron chi connectivity index (χ2n) is 3.93. The number of thiocarbonyl (C=S) groups is 1. The Labute approximate surface area is 95.1 Å². The monoisotopic (exact) mass is 221 g/mol. The van der Waals surface area contributed by atoms with Crippen molar-refractivity contribution in [3.63, 3.8) is 0 Å². The lowest BCUT2D eigenvalue weighted by atomic mass is 10.3. The molecule has 0 bridgehead atoms. The summed E-state index contributed by atoms with van der Waals surface area (Å²) in [6.07, 6.45) is 4.02. The summed E-state index contributed by atoms with van der Waals surface area (Å²) in [6.45, 7) is 0.985. The van der Waals surface area contributed by atoms with Crippen molar-refractivity contribution in [3.05, 3.63) is 23.9 Å². The third kappa shape index (κ3) is 3.16. The Morgan fingerprint density at radius 3 is 3.00 bits per heavy atom. The summed E-state index contributed by atoms with van der Waals surface area (Å²) in [6, 6.07) is 5.68. The molecule has 0 saturated heterocycles. The first kappa shape index (κ1) is 10.4. The van der Waals surface area contributed by atoms with Gasteiger partial charge in [-0.2, -0.15) is 0 Å². The molecule has 1 aromatic heterocycles. The molecule has 1 aliphatic rings. The number of aromatic nitrogens is 1. The molecule has 0 radical (unpaired) electrons. The summed E-state index contributed by atoms with van der Waals surface area (Å²) in [5.74, 6) is 1.80. The van der Waals surface area contributed by atoms with Crippen LogP contribution < -0.4 is 11.1 Å². The number of nitrogens with zero attached hydrogens (tertiary/aromatic N) is 1. The number of nitrogens with two attached hydrogens (primary N) is 1. The maximum absolute atomic E-state index is 5.51. The molecule has 2 rings (SSSR count). The zero-order chi connectivity index (χ0) is 10.7. The normalized spacial score (nSPS) is 14.9. The molecule has 3 N–H and O–H groups in total. The van der Waals surface area contributed by atoms with Crippen LogP contribution in [0.5, 0.6) is 0 Å². The van der Waals surface area contributed by atoms with Crippen LogP contribution in [0.4, 0.5) is 5.82 Å². The average molecular weight is 221 g/mol. The minimum Gasteiger partial charge on any atom is -0.388 e. The molecular formula is C11H15N3S. The van der Waals surface area contributed by atoms with Crippen LogP contribution in [0.1, 0.15) is 25.0 Å². The maximum atomic E-state index is 5.51. The van der Waals surface area contributed by atoms with Gasteiger partial charge in [-0.1, -0.05) is 31.1 Å². The molecule has 0 aromatic carbocycles. The van der Waals surface area contributed by atoms with Crippen LogP contribution in [0.2, 0.25) is 0 Å². The van der Waals surface area contributed by atoms with E-state index in [2.05, 4.69) is 10.3 Å². The lowest BCUT2D eigenvalue weighted by molar-refractivity contribution is 0.758. The van der Waals surface area contributed by atoms with E-state index in [1.165, 1.54) is 19.3 Å². The van der Waals surface area contributed by atoms with E-state index in [0.717, 1.165) is 18.3 Å². The average Bonchev–Trinajstić information content (AvgIpc) is 3.02. The Hall–Kier alpha value is -1.16. The second-order valence-corrected chi connectivity index (χ2v) is 4.37. The minimum absolute atomic E-state index is 0.348.